The van der Waals surface area contributed by atoms with Gasteiger partial charge >= 0.3 is 18.4 Å². The average Bonchev–Trinajstić information content (AvgIpc) is 3.16. The van der Waals surface area contributed by atoms with Crippen molar-refractivity contribution in [2.24, 2.45) is 0 Å². The molecule has 1 aromatic carbocycles. The van der Waals surface area contributed by atoms with E-state index in [0.29, 0.717) is 25.3 Å². The fourth-order valence-electron chi connectivity index (χ4n) is 3.61. The summed E-state index contributed by atoms with van der Waals surface area (Å²) in [5.74, 6) is 0. The second kappa shape index (κ2) is 11.2. The van der Waals surface area contributed by atoms with Gasteiger partial charge in [-0.15, -0.1) is 0 Å². The smallest absolute Gasteiger partial charge is 0.416 e. The molecular weight excluding hydrogens is 479 g/mol. The van der Waals surface area contributed by atoms with Crippen molar-refractivity contribution in [2.75, 3.05) is 26.2 Å². The van der Waals surface area contributed by atoms with E-state index in [9.17, 15) is 22.8 Å². The number of aromatic nitrogens is 1. The Kier molecular flexibility index (Phi) is 8.51. The number of hydrogen-bond donors (Lipinski definition) is 4. The number of halogens is 3. The predicted octanol–water partition coefficient (Wildman–Crippen LogP) is 3.43. The molecule has 0 spiro atoms. The van der Waals surface area contributed by atoms with Crippen molar-refractivity contribution >= 4 is 12.2 Å². The maximum Gasteiger partial charge on any atom is 0.416 e. The lowest BCUT2D eigenvalue weighted by Gasteiger charge is -2.38. The average molecular weight is 512 g/mol. The molecule has 2 aliphatic heterocycles. The summed E-state index contributed by atoms with van der Waals surface area (Å²) in [5.41, 5.74) is 0.601. The van der Waals surface area contributed by atoms with Crippen LogP contribution in [0.5, 0.6) is 0 Å². The van der Waals surface area contributed by atoms with E-state index in [0.717, 1.165) is 30.8 Å². The fourth-order valence-corrected chi connectivity index (χ4v) is 3.61. The minimum atomic E-state index is -4.33. The molecule has 198 valence electrons. The molecule has 0 radical (unpaired) electrons. The van der Waals surface area contributed by atoms with E-state index >= 15 is 0 Å². The Morgan fingerprint density at radius 2 is 1.69 bits per heavy atom. The third-order valence-corrected chi connectivity index (χ3v) is 5.44. The first-order valence-corrected chi connectivity index (χ1v) is 11.5. The summed E-state index contributed by atoms with van der Waals surface area (Å²) in [7, 11) is 0. The van der Waals surface area contributed by atoms with Crippen LogP contribution in [-0.4, -0.2) is 70.6 Å². The number of ether oxygens (including phenoxy) is 1. The first-order chi connectivity index (χ1) is 16.8. The standard InChI is InChI=1S/C16H16F3N3O2.C8H16N2O2/c17-16(18,19)12-1-3-14(4-2-12)22-6-5-11(8-22)7-21-9-13(10-21)20-15(23)24;1-8(2,3)12-7(11)10-6-4-9-5-6/h1-6,8,13,20H,7,9-10H2,(H,23,24);6,9H,4-5H2,1-3H3,(H,10,11). The van der Waals surface area contributed by atoms with Crippen molar-refractivity contribution in [3.8, 4) is 5.69 Å². The summed E-state index contributed by atoms with van der Waals surface area (Å²) in [5, 5.41) is 16.9. The van der Waals surface area contributed by atoms with E-state index in [1.54, 1.807) is 10.8 Å². The van der Waals surface area contributed by atoms with Crippen LogP contribution in [0.15, 0.2) is 42.7 Å². The number of alkyl carbamates (subject to hydrolysis) is 1. The lowest BCUT2D eigenvalue weighted by molar-refractivity contribution is -0.137. The number of nitrogens with zero attached hydrogens (tertiary/aromatic N) is 2. The number of benzene rings is 1. The van der Waals surface area contributed by atoms with Gasteiger partial charge in [0.1, 0.15) is 5.60 Å². The first-order valence-electron chi connectivity index (χ1n) is 11.5. The second-order valence-electron chi connectivity index (χ2n) is 9.81. The van der Waals surface area contributed by atoms with Crippen molar-refractivity contribution in [1.82, 2.24) is 25.4 Å². The number of likely N-dealkylation sites (tertiary alicyclic amines) is 1. The molecule has 1 aromatic heterocycles. The second-order valence-corrected chi connectivity index (χ2v) is 9.81. The normalized spacial score (nSPS) is 16.7. The molecule has 2 aliphatic rings. The van der Waals surface area contributed by atoms with Crippen LogP contribution >= 0.6 is 0 Å². The van der Waals surface area contributed by atoms with E-state index < -0.39 is 23.4 Å². The van der Waals surface area contributed by atoms with Gasteiger partial charge in [0.25, 0.3) is 0 Å². The fraction of sp³-hybridized carbons (Fsp3) is 0.500. The first kappa shape index (κ1) is 27.3. The maximum atomic E-state index is 12.6. The molecule has 0 aliphatic carbocycles. The van der Waals surface area contributed by atoms with Crippen molar-refractivity contribution in [3.63, 3.8) is 0 Å². The number of carbonyl (C=O) groups excluding carboxylic acids is 1. The van der Waals surface area contributed by atoms with Gasteiger partial charge in [0.2, 0.25) is 0 Å². The summed E-state index contributed by atoms with van der Waals surface area (Å²) >= 11 is 0. The highest BCUT2D eigenvalue weighted by molar-refractivity contribution is 5.68. The van der Waals surface area contributed by atoms with Gasteiger partial charge in [-0.3, -0.25) is 4.90 Å². The summed E-state index contributed by atoms with van der Waals surface area (Å²) in [6.45, 7) is 9.22. The third-order valence-electron chi connectivity index (χ3n) is 5.44. The van der Waals surface area contributed by atoms with Crippen LogP contribution < -0.4 is 16.0 Å². The molecule has 12 heteroatoms. The van der Waals surface area contributed by atoms with E-state index in [4.69, 9.17) is 9.84 Å². The van der Waals surface area contributed by atoms with Crippen LogP contribution in [0.2, 0.25) is 0 Å². The van der Waals surface area contributed by atoms with Gasteiger partial charge in [0.05, 0.1) is 17.6 Å². The zero-order valence-corrected chi connectivity index (χ0v) is 20.4. The van der Waals surface area contributed by atoms with Crippen LogP contribution in [0.4, 0.5) is 22.8 Å². The van der Waals surface area contributed by atoms with E-state index in [1.165, 1.54) is 12.1 Å². The minimum absolute atomic E-state index is 0.0421. The van der Waals surface area contributed by atoms with Crippen LogP contribution in [-0.2, 0) is 17.5 Å². The topological polar surface area (TPSA) is 108 Å². The lowest BCUT2D eigenvalue weighted by Crippen LogP contribution is -2.58. The highest BCUT2D eigenvalue weighted by Crippen LogP contribution is 2.29. The number of amides is 2. The number of carboxylic acid groups (broad SMARTS) is 1. The Balaban J connectivity index is 0.000000253. The van der Waals surface area contributed by atoms with E-state index in [1.807, 2.05) is 33.0 Å². The summed E-state index contributed by atoms with van der Waals surface area (Å²) < 4.78 is 44.5. The Hall–Kier alpha value is -3.25. The number of alkyl halides is 3. The quantitative estimate of drug-likeness (QED) is 0.490. The van der Waals surface area contributed by atoms with Crippen LogP contribution in [0.3, 0.4) is 0 Å². The molecule has 2 fully saturated rings. The molecular formula is C24H32F3N5O4. The van der Waals surface area contributed by atoms with E-state index in [2.05, 4.69) is 20.9 Å². The summed E-state index contributed by atoms with van der Waals surface area (Å²) in [4.78, 5) is 23.7. The van der Waals surface area contributed by atoms with Gasteiger partial charge in [-0.2, -0.15) is 13.2 Å². The summed E-state index contributed by atoms with van der Waals surface area (Å²) in [6, 6.07) is 7.10. The van der Waals surface area contributed by atoms with Crippen LogP contribution in [0.25, 0.3) is 5.69 Å². The van der Waals surface area contributed by atoms with E-state index in [-0.39, 0.29) is 18.2 Å². The lowest BCUT2D eigenvalue weighted by atomic mass is 10.1. The zero-order chi connectivity index (χ0) is 26.5. The van der Waals surface area contributed by atoms with Gasteiger partial charge in [-0.25, -0.2) is 9.59 Å². The zero-order valence-electron chi connectivity index (χ0n) is 20.4. The molecule has 0 bridgehead atoms. The largest absolute Gasteiger partial charge is 0.465 e. The van der Waals surface area contributed by atoms with Gasteiger partial charge in [0, 0.05) is 50.8 Å². The van der Waals surface area contributed by atoms with Crippen molar-refractivity contribution in [3.05, 3.63) is 53.9 Å². The maximum absolute atomic E-state index is 12.6. The van der Waals surface area contributed by atoms with Crippen molar-refractivity contribution in [1.29, 1.82) is 0 Å². The van der Waals surface area contributed by atoms with Crippen LogP contribution in [0, 0.1) is 0 Å². The third kappa shape index (κ3) is 8.45. The molecule has 2 amide bonds. The molecule has 3 heterocycles. The Morgan fingerprint density at radius 1 is 1.06 bits per heavy atom. The number of nitrogens with one attached hydrogen (secondary N) is 3. The predicted molar refractivity (Wildman–Crippen MR) is 127 cm³/mol. The Bertz CT molecular complexity index is 1020. The molecule has 2 aromatic rings. The summed E-state index contributed by atoms with van der Waals surface area (Å²) in [6.07, 6.45) is -2.02. The van der Waals surface area contributed by atoms with Gasteiger partial charge in [-0.1, -0.05) is 0 Å². The molecule has 9 nitrogen and oxygen atoms in total. The monoisotopic (exact) mass is 511 g/mol. The highest BCUT2D eigenvalue weighted by atomic mass is 19.4. The van der Waals surface area contributed by atoms with Gasteiger partial charge in [-0.05, 0) is 56.7 Å². The number of rotatable bonds is 5. The molecule has 2 saturated heterocycles. The van der Waals surface area contributed by atoms with Crippen molar-refractivity contribution in [2.45, 2.75) is 51.2 Å². The molecule has 4 N–H and O–H groups in total. The SMILES string of the molecule is CC(C)(C)OC(=O)NC1CNC1.O=C(O)NC1CN(Cc2ccn(-c3ccc(C(F)(F)F)cc3)c2)C1. The minimum Gasteiger partial charge on any atom is -0.465 e. The molecule has 0 saturated carbocycles. The van der Waals surface area contributed by atoms with Crippen molar-refractivity contribution < 1.29 is 32.6 Å². The molecule has 0 atom stereocenters. The van der Waals surface area contributed by atoms with Gasteiger partial charge in [0.15, 0.2) is 0 Å². The molecule has 36 heavy (non-hydrogen) atoms. The molecule has 4 rings (SSSR count). The van der Waals surface area contributed by atoms with Gasteiger partial charge < -0.3 is 30.4 Å². The Labute approximate surface area is 207 Å². The number of carbonyl (C=O) groups is 2. The van der Waals surface area contributed by atoms with Crippen LogP contribution in [0.1, 0.15) is 31.9 Å². The highest BCUT2D eigenvalue weighted by Gasteiger charge is 2.30. The molecule has 0 unspecified atom stereocenters. The Morgan fingerprint density at radius 3 is 2.19 bits per heavy atom. The number of hydrogen-bond acceptors (Lipinski definition) is 5.